The Morgan fingerprint density at radius 3 is 2.05 bits per heavy atom. The van der Waals surface area contributed by atoms with E-state index in [0.29, 0.717) is 11.8 Å². The second-order valence-corrected chi connectivity index (χ2v) is 5.69. The third-order valence-corrected chi connectivity index (χ3v) is 4.10. The van der Waals surface area contributed by atoms with E-state index in [1.165, 1.54) is 12.1 Å². The lowest BCUT2D eigenvalue weighted by molar-refractivity contribution is -0.274. The third-order valence-electron chi connectivity index (χ3n) is 4.10. The quantitative estimate of drug-likeness (QED) is 0.831. The summed E-state index contributed by atoms with van der Waals surface area (Å²) in [6.07, 6.45) is -4.63. The number of rotatable bonds is 2. The van der Waals surface area contributed by atoms with Crippen molar-refractivity contribution in [3.05, 3.63) is 24.3 Å². The van der Waals surface area contributed by atoms with Gasteiger partial charge in [0, 0.05) is 31.9 Å². The van der Waals surface area contributed by atoms with Crippen LogP contribution in [0.5, 0.6) is 5.75 Å². The molecule has 1 aromatic rings. The van der Waals surface area contributed by atoms with Crippen LogP contribution in [0.4, 0.5) is 18.9 Å². The van der Waals surface area contributed by atoms with Crippen molar-refractivity contribution in [3.63, 3.8) is 0 Å². The molecule has 0 spiro atoms. The van der Waals surface area contributed by atoms with E-state index in [4.69, 9.17) is 0 Å². The van der Waals surface area contributed by atoms with Crippen LogP contribution in [0.15, 0.2) is 24.3 Å². The average molecular weight is 286 g/mol. The highest BCUT2D eigenvalue weighted by Crippen LogP contribution is 2.34. The molecule has 2 aliphatic rings. The average Bonchev–Trinajstić information content (AvgIpc) is 2.84. The zero-order chi connectivity index (χ0) is 14.3. The van der Waals surface area contributed by atoms with Crippen molar-refractivity contribution in [1.82, 2.24) is 4.90 Å². The van der Waals surface area contributed by atoms with Gasteiger partial charge in [-0.05, 0) is 43.1 Å². The maximum absolute atomic E-state index is 12.1. The maximum atomic E-state index is 12.1. The van der Waals surface area contributed by atoms with Crippen LogP contribution in [0.2, 0.25) is 0 Å². The van der Waals surface area contributed by atoms with E-state index in [0.717, 1.165) is 31.9 Å². The topological polar surface area (TPSA) is 15.7 Å². The van der Waals surface area contributed by atoms with Crippen molar-refractivity contribution in [2.45, 2.75) is 6.36 Å². The van der Waals surface area contributed by atoms with Crippen LogP contribution in [0.25, 0.3) is 0 Å². The van der Waals surface area contributed by atoms with Gasteiger partial charge in [0.2, 0.25) is 0 Å². The van der Waals surface area contributed by atoms with Crippen LogP contribution < -0.4 is 9.64 Å². The van der Waals surface area contributed by atoms with Crippen LogP contribution >= 0.6 is 0 Å². The van der Waals surface area contributed by atoms with Gasteiger partial charge in [0.1, 0.15) is 5.75 Å². The van der Waals surface area contributed by atoms with Crippen molar-refractivity contribution < 1.29 is 17.9 Å². The summed E-state index contributed by atoms with van der Waals surface area (Å²) in [4.78, 5) is 4.59. The van der Waals surface area contributed by atoms with E-state index >= 15 is 0 Å². The van der Waals surface area contributed by atoms with Gasteiger partial charge >= 0.3 is 6.36 Å². The van der Waals surface area contributed by atoms with Crippen molar-refractivity contribution >= 4 is 5.69 Å². The lowest BCUT2D eigenvalue weighted by Gasteiger charge is -2.21. The van der Waals surface area contributed by atoms with Crippen LogP contribution in [-0.4, -0.2) is 44.5 Å². The summed E-state index contributed by atoms with van der Waals surface area (Å²) in [7, 11) is 2.13. The molecule has 3 nitrogen and oxygen atoms in total. The standard InChI is InChI=1S/C14H17F3N2O/c1-18-6-10-8-19(9-11(10)7-18)12-2-4-13(5-3-12)20-14(15,16)17/h2-5,10-11H,6-9H2,1H3/t10-,11-/m0/s1. The van der Waals surface area contributed by atoms with Gasteiger partial charge in [-0.15, -0.1) is 13.2 Å². The summed E-state index contributed by atoms with van der Waals surface area (Å²) in [5, 5.41) is 0. The predicted octanol–water partition coefficient (Wildman–Crippen LogP) is 2.58. The Kier molecular flexibility index (Phi) is 3.28. The Balaban J connectivity index is 1.64. The van der Waals surface area contributed by atoms with Gasteiger partial charge in [0.05, 0.1) is 0 Å². The molecule has 2 saturated heterocycles. The van der Waals surface area contributed by atoms with E-state index in [2.05, 4.69) is 21.6 Å². The minimum atomic E-state index is -4.63. The highest BCUT2D eigenvalue weighted by Gasteiger charge is 2.38. The molecular weight excluding hydrogens is 269 g/mol. The fourth-order valence-corrected chi connectivity index (χ4v) is 3.30. The number of fused-ring (bicyclic) bond motifs is 1. The number of benzene rings is 1. The normalized spacial score (nSPS) is 26.9. The SMILES string of the molecule is CN1C[C@H]2CN(c3ccc(OC(F)(F)F)cc3)C[C@@H]2C1. The second-order valence-electron chi connectivity index (χ2n) is 5.69. The van der Waals surface area contributed by atoms with E-state index in [1.54, 1.807) is 12.1 Å². The number of alkyl halides is 3. The lowest BCUT2D eigenvalue weighted by Crippen LogP contribution is -2.26. The maximum Gasteiger partial charge on any atom is 0.573 e. The van der Waals surface area contributed by atoms with Gasteiger partial charge in [-0.25, -0.2) is 0 Å². The first-order valence-electron chi connectivity index (χ1n) is 6.70. The molecule has 6 heteroatoms. The Bertz CT molecular complexity index is 460. The van der Waals surface area contributed by atoms with Crippen molar-refractivity contribution in [2.24, 2.45) is 11.8 Å². The monoisotopic (exact) mass is 286 g/mol. The first kappa shape index (κ1) is 13.5. The molecule has 0 aromatic heterocycles. The molecule has 0 bridgehead atoms. The summed E-state index contributed by atoms with van der Waals surface area (Å²) in [6.45, 7) is 4.18. The molecule has 0 saturated carbocycles. The van der Waals surface area contributed by atoms with Crippen LogP contribution in [0.3, 0.4) is 0 Å². The van der Waals surface area contributed by atoms with E-state index < -0.39 is 6.36 Å². The zero-order valence-corrected chi connectivity index (χ0v) is 11.2. The number of halogens is 3. The smallest absolute Gasteiger partial charge is 0.406 e. The summed E-state index contributed by atoms with van der Waals surface area (Å²) in [5.74, 6) is 1.18. The van der Waals surface area contributed by atoms with Gasteiger partial charge in [-0.1, -0.05) is 0 Å². The summed E-state index contributed by atoms with van der Waals surface area (Å²) in [6, 6.07) is 6.16. The molecule has 2 atom stereocenters. The predicted molar refractivity (Wildman–Crippen MR) is 69.8 cm³/mol. The fraction of sp³-hybridized carbons (Fsp3) is 0.571. The molecule has 0 unspecified atom stereocenters. The fourth-order valence-electron chi connectivity index (χ4n) is 3.30. The molecule has 2 heterocycles. The molecule has 1 aromatic carbocycles. The summed E-state index contributed by atoms with van der Waals surface area (Å²) in [5.41, 5.74) is 0.969. The first-order valence-corrected chi connectivity index (χ1v) is 6.70. The minimum absolute atomic E-state index is 0.166. The third kappa shape index (κ3) is 2.85. The second kappa shape index (κ2) is 4.84. The molecule has 3 rings (SSSR count). The molecule has 20 heavy (non-hydrogen) atoms. The van der Waals surface area contributed by atoms with Crippen molar-refractivity contribution in [1.29, 1.82) is 0 Å². The Morgan fingerprint density at radius 1 is 1.00 bits per heavy atom. The number of nitrogens with zero attached hydrogens (tertiary/aromatic N) is 2. The highest BCUT2D eigenvalue weighted by atomic mass is 19.4. The van der Waals surface area contributed by atoms with Gasteiger partial charge < -0.3 is 14.5 Å². The lowest BCUT2D eigenvalue weighted by atomic mass is 10.0. The Morgan fingerprint density at radius 2 is 1.55 bits per heavy atom. The largest absolute Gasteiger partial charge is 0.573 e. The number of likely N-dealkylation sites (tertiary alicyclic amines) is 1. The molecule has 110 valence electrons. The number of hydrogen-bond acceptors (Lipinski definition) is 3. The van der Waals surface area contributed by atoms with Crippen molar-refractivity contribution in [3.8, 4) is 5.75 Å². The Labute approximate surface area is 115 Å². The van der Waals surface area contributed by atoms with E-state index in [-0.39, 0.29) is 5.75 Å². The van der Waals surface area contributed by atoms with E-state index in [1.807, 2.05) is 0 Å². The van der Waals surface area contributed by atoms with E-state index in [9.17, 15) is 13.2 Å². The molecule has 0 radical (unpaired) electrons. The van der Waals surface area contributed by atoms with Crippen LogP contribution in [-0.2, 0) is 0 Å². The molecule has 2 aliphatic heterocycles. The summed E-state index contributed by atoms with van der Waals surface area (Å²) >= 11 is 0. The minimum Gasteiger partial charge on any atom is -0.406 e. The van der Waals surface area contributed by atoms with Gasteiger partial charge in [0.15, 0.2) is 0 Å². The highest BCUT2D eigenvalue weighted by molar-refractivity contribution is 5.50. The van der Waals surface area contributed by atoms with Gasteiger partial charge in [-0.2, -0.15) is 0 Å². The number of anilines is 1. The molecule has 0 amide bonds. The van der Waals surface area contributed by atoms with Crippen molar-refractivity contribution in [2.75, 3.05) is 38.1 Å². The molecule has 0 N–H and O–H groups in total. The number of ether oxygens (including phenoxy) is 1. The molecular formula is C14H17F3N2O. The van der Waals surface area contributed by atoms with Gasteiger partial charge in [0.25, 0.3) is 0 Å². The Hall–Kier alpha value is -1.43. The molecule has 0 aliphatic carbocycles. The van der Waals surface area contributed by atoms with Crippen LogP contribution in [0, 0.1) is 11.8 Å². The zero-order valence-electron chi connectivity index (χ0n) is 11.2. The number of hydrogen-bond donors (Lipinski definition) is 0. The molecule has 2 fully saturated rings. The van der Waals surface area contributed by atoms with Gasteiger partial charge in [-0.3, -0.25) is 0 Å². The first-order chi connectivity index (χ1) is 9.40. The summed E-state index contributed by atoms with van der Waals surface area (Å²) < 4.78 is 40.2. The van der Waals surface area contributed by atoms with Crippen LogP contribution in [0.1, 0.15) is 0 Å².